The first-order valence-electron chi connectivity index (χ1n) is 7.19. The summed E-state index contributed by atoms with van der Waals surface area (Å²) >= 11 is 0. The zero-order valence-corrected chi connectivity index (χ0v) is 12.0. The zero-order valence-electron chi connectivity index (χ0n) is 12.0. The van der Waals surface area contributed by atoms with Crippen molar-refractivity contribution >= 4 is 0 Å². The largest absolute Gasteiger partial charge is 0.316 e. The summed E-state index contributed by atoms with van der Waals surface area (Å²) in [4.78, 5) is 5.34. The van der Waals surface area contributed by atoms with Crippen molar-refractivity contribution in [2.75, 3.05) is 39.3 Å². The highest BCUT2D eigenvalue weighted by Crippen LogP contribution is 2.30. The molecule has 0 spiro atoms. The fraction of sp³-hybridized carbons (Fsp3) is 1.00. The SMILES string of the molecule is CC(C)N1CCN(C2CCNCC2(C)C)CC1. The van der Waals surface area contributed by atoms with Crippen molar-refractivity contribution in [3.8, 4) is 0 Å². The van der Waals surface area contributed by atoms with Gasteiger partial charge in [0.05, 0.1) is 0 Å². The molecule has 3 nitrogen and oxygen atoms in total. The van der Waals surface area contributed by atoms with Crippen LogP contribution in [0.1, 0.15) is 34.1 Å². The Labute approximate surface area is 107 Å². The Kier molecular flexibility index (Phi) is 4.11. The molecule has 0 aromatic heterocycles. The highest BCUT2D eigenvalue weighted by Gasteiger charge is 2.37. The van der Waals surface area contributed by atoms with Gasteiger partial charge in [0.1, 0.15) is 0 Å². The molecular formula is C14H29N3. The smallest absolute Gasteiger partial charge is 0.0172 e. The quantitative estimate of drug-likeness (QED) is 0.786. The lowest BCUT2D eigenvalue weighted by Gasteiger charge is -2.49. The van der Waals surface area contributed by atoms with E-state index in [0.29, 0.717) is 11.5 Å². The third-order valence-corrected chi connectivity index (χ3v) is 4.60. The summed E-state index contributed by atoms with van der Waals surface area (Å²) in [6.07, 6.45) is 1.31. The van der Waals surface area contributed by atoms with Gasteiger partial charge in [0.25, 0.3) is 0 Å². The van der Waals surface area contributed by atoms with Gasteiger partial charge in [-0.1, -0.05) is 13.8 Å². The van der Waals surface area contributed by atoms with Crippen LogP contribution in [-0.2, 0) is 0 Å². The molecule has 2 aliphatic rings. The number of nitrogens with one attached hydrogen (secondary N) is 1. The average molecular weight is 239 g/mol. The van der Waals surface area contributed by atoms with Gasteiger partial charge in [-0.3, -0.25) is 9.80 Å². The lowest BCUT2D eigenvalue weighted by molar-refractivity contribution is 0.0137. The molecule has 100 valence electrons. The molecule has 0 amide bonds. The van der Waals surface area contributed by atoms with Crippen LogP contribution in [0.3, 0.4) is 0 Å². The lowest BCUT2D eigenvalue weighted by atomic mass is 9.79. The van der Waals surface area contributed by atoms with Crippen LogP contribution in [0.2, 0.25) is 0 Å². The van der Waals surface area contributed by atoms with E-state index in [0.717, 1.165) is 6.04 Å². The van der Waals surface area contributed by atoms with Gasteiger partial charge in [-0.25, -0.2) is 0 Å². The number of piperazine rings is 1. The van der Waals surface area contributed by atoms with E-state index in [2.05, 4.69) is 42.8 Å². The van der Waals surface area contributed by atoms with Gasteiger partial charge < -0.3 is 5.32 Å². The molecule has 1 unspecified atom stereocenters. The standard InChI is InChI=1S/C14H29N3/c1-12(2)16-7-9-17(10-8-16)13-5-6-15-11-14(13,3)4/h12-13,15H,5-11H2,1-4H3. The van der Waals surface area contributed by atoms with E-state index < -0.39 is 0 Å². The van der Waals surface area contributed by atoms with Gasteiger partial charge >= 0.3 is 0 Å². The van der Waals surface area contributed by atoms with Crippen molar-refractivity contribution in [1.29, 1.82) is 0 Å². The van der Waals surface area contributed by atoms with Crippen LogP contribution in [0.5, 0.6) is 0 Å². The van der Waals surface area contributed by atoms with E-state index in [9.17, 15) is 0 Å². The fourth-order valence-electron chi connectivity index (χ4n) is 3.40. The monoisotopic (exact) mass is 239 g/mol. The summed E-state index contributed by atoms with van der Waals surface area (Å²) in [7, 11) is 0. The highest BCUT2D eigenvalue weighted by molar-refractivity contribution is 4.93. The topological polar surface area (TPSA) is 18.5 Å². The summed E-state index contributed by atoms with van der Waals surface area (Å²) in [5, 5.41) is 3.53. The first kappa shape index (κ1) is 13.3. The molecule has 0 radical (unpaired) electrons. The van der Waals surface area contributed by atoms with Crippen LogP contribution in [0.4, 0.5) is 0 Å². The van der Waals surface area contributed by atoms with Crippen LogP contribution in [0.25, 0.3) is 0 Å². The van der Waals surface area contributed by atoms with E-state index in [1.165, 1.54) is 45.7 Å². The molecule has 1 atom stereocenters. The van der Waals surface area contributed by atoms with Crippen molar-refractivity contribution in [2.45, 2.75) is 46.2 Å². The van der Waals surface area contributed by atoms with E-state index in [1.54, 1.807) is 0 Å². The van der Waals surface area contributed by atoms with Gasteiger partial charge in [0.15, 0.2) is 0 Å². The molecule has 2 saturated heterocycles. The molecule has 3 heteroatoms. The van der Waals surface area contributed by atoms with Crippen molar-refractivity contribution in [3.63, 3.8) is 0 Å². The summed E-state index contributed by atoms with van der Waals surface area (Å²) in [6, 6.07) is 1.48. The normalized spacial score (nSPS) is 31.9. The maximum Gasteiger partial charge on any atom is 0.0172 e. The van der Waals surface area contributed by atoms with Gasteiger partial charge in [0, 0.05) is 44.8 Å². The maximum absolute atomic E-state index is 3.53. The number of hydrogen-bond donors (Lipinski definition) is 1. The highest BCUT2D eigenvalue weighted by atomic mass is 15.3. The Balaban J connectivity index is 1.91. The molecule has 2 aliphatic heterocycles. The second-order valence-corrected chi connectivity index (χ2v) is 6.64. The second kappa shape index (κ2) is 5.25. The number of nitrogens with zero attached hydrogens (tertiary/aromatic N) is 2. The van der Waals surface area contributed by atoms with Gasteiger partial charge in [-0.05, 0) is 32.2 Å². The Hall–Kier alpha value is -0.120. The Morgan fingerprint density at radius 1 is 1.12 bits per heavy atom. The fourth-order valence-corrected chi connectivity index (χ4v) is 3.40. The maximum atomic E-state index is 3.53. The van der Waals surface area contributed by atoms with Crippen molar-refractivity contribution in [2.24, 2.45) is 5.41 Å². The molecule has 17 heavy (non-hydrogen) atoms. The predicted molar refractivity (Wildman–Crippen MR) is 73.3 cm³/mol. The molecular weight excluding hydrogens is 210 g/mol. The van der Waals surface area contributed by atoms with Gasteiger partial charge in [-0.15, -0.1) is 0 Å². The summed E-state index contributed by atoms with van der Waals surface area (Å²) in [5.74, 6) is 0. The van der Waals surface area contributed by atoms with Crippen LogP contribution in [0.15, 0.2) is 0 Å². The Morgan fingerprint density at radius 2 is 1.76 bits per heavy atom. The third kappa shape index (κ3) is 3.01. The molecule has 2 fully saturated rings. The summed E-state index contributed by atoms with van der Waals surface area (Å²) in [5.41, 5.74) is 0.429. The van der Waals surface area contributed by atoms with Crippen LogP contribution >= 0.6 is 0 Å². The van der Waals surface area contributed by atoms with Crippen molar-refractivity contribution < 1.29 is 0 Å². The van der Waals surface area contributed by atoms with E-state index >= 15 is 0 Å². The number of hydrogen-bond acceptors (Lipinski definition) is 3. The minimum atomic E-state index is 0.429. The lowest BCUT2D eigenvalue weighted by Crippen LogP contribution is -2.59. The first-order chi connectivity index (χ1) is 8.00. The van der Waals surface area contributed by atoms with Crippen molar-refractivity contribution in [1.82, 2.24) is 15.1 Å². The van der Waals surface area contributed by atoms with Crippen LogP contribution in [-0.4, -0.2) is 61.2 Å². The second-order valence-electron chi connectivity index (χ2n) is 6.64. The van der Waals surface area contributed by atoms with E-state index in [-0.39, 0.29) is 0 Å². The first-order valence-corrected chi connectivity index (χ1v) is 7.19. The minimum Gasteiger partial charge on any atom is -0.316 e. The van der Waals surface area contributed by atoms with Crippen molar-refractivity contribution in [3.05, 3.63) is 0 Å². The number of piperidine rings is 1. The Bertz CT molecular complexity index is 242. The third-order valence-electron chi connectivity index (χ3n) is 4.60. The summed E-state index contributed by atoms with van der Waals surface area (Å²) in [6.45, 7) is 16.8. The van der Waals surface area contributed by atoms with Gasteiger partial charge in [-0.2, -0.15) is 0 Å². The predicted octanol–water partition coefficient (Wildman–Crippen LogP) is 1.40. The van der Waals surface area contributed by atoms with Gasteiger partial charge in [0.2, 0.25) is 0 Å². The Morgan fingerprint density at radius 3 is 2.29 bits per heavy atom. The van der Waals surface area contributed by atoms with Crippen LogP contribution in [0, 0.1) is 5.41 Å². The van der Waals surface area contributed by atoms with E-state index in [1.807, 2.05) is 0 Å². The van der Waals surface area contributed by atoms with Crippen LogP contribution < -0.4 is 5.32 Å². The molecule has 1 N–H and O–H groups in total. The molecule has 0 saturated carbocycles. The zero-order chi connectivity index (χ0) is 12.5. The molecule has 0 aromatic carbocycles. The molecule has 0 aliphatic carbocycles. The summed E-state index contributed by atoms with van der Waals surface area (Å²) < 4.78 is 0. The minimum absolute atomic E-state index is 0.429. The molecule has 0 aromatic rings. The average Bonchev–Trinajstić information content (AvgIpc) is 2.28. The molecule has 2 rings (SSSR count). The number of rotatable bonds is 2. The molecule has 2 heterocycles. The molecule has 0 bridgehead atoms. The van der Waals surface area contributed by atoms with E-state index in [4.69, 9.17) is 0 Å².